The molecule has 2 amide bonds. The third-order valence-corrected chi connectivity index (χ3v) is 5.61. The highest BCUT2D eigenvalue weighted by Crippen LogP contribution is 2.24. The lowest BCUT2D eigenvalue weighted by atomic mass is 10.1. The van der Waals surface area contributed by atoms with Gasteiger partial charge < -0.3 is 14.1 Å². The highest BCUT2D eigenvalue weighted by molar-refractivity contribution is 8.15. The molecule has 0 aliphatic carbocycles. The van der Waals surface area contributed by atoms with Crippen LogP contribution in [-0.2, 0) is 11.2 Å². The molecule has 1 aliphatic heterocycles. The number of para-hydroxylation sites is 2. The predicted octanol–water partition coefficient (Wildman–Crippen LogP) is 3.63. The van der Waals surface area contributed by atoms with Crippen LogP contribution in [0.2, 0.25) is 0 Å². The van der Waals surface area contributed by atoms with Crippen molar-refractivity contribution in [2.75, 3.05) is 25.1 Å². The summed E-state index contributed by atoms with van der Waals surface area (Å²) in [6.07, 6.45) is 1.34. The Hall–Kier alpha value is -3.00. The smallest absolute Gasteiger partial charge is 0.298 e. The number of carbonyl (C=O) groups excluding carboxylic acids is 2. The highest BCUT2D eigenvalue weighted by atomic mass is 32.2. The number of hydrogen-bond donors (Lipinski definition) is 1. The Bertz CT molecular complexity index is 985. The number of hydrogen-bond acceptors (Lipinski definition) is 7. The van der Waals surface area contributed by atoms with Crippen LogP contribution in [0.15, 0.2) is 52.9 Å². The second kappa shape index (κ2) is 8.57. The maximum atomic E-state index is 11.6. The van der Waals surface area contributed by atoms with Gasteiger partial charge in [0.05, 0.1) is 11.9 Å². The Kier molecular flexibility index (Phi) is 5.71. The number of rotatable bonds is 8. The van der Waals surface area contributed by atoms with Crippen molar-refractivity contribution in [3.8, 4) is 5.75 Å². The van der Waals surface area contributed by atoms with E-state index in [2.05, 4.69) is 10.3 Å². The molecule has 1 N–H and O–H groups in total. The molecule has 1 aliphatic rings. The molecule has 2 aromatic carbocycles. The van der Waals surface area contributed by atoms with Crippen molar-refractivity contribution < 1.29 is 18.7 Å². The number of nitrogens with zero attached hydrogens (tertiary/aromatic N) is 2. The third-order valence-electron chi connectivity index (χ3n) is 4.63. The van der Waals surface area contributed by atoms with Crippen molar-refractivity contribution in [1.29, 1.82) is 0 Å². The molecule has 0 spiro atoms. The zero-order chi connectivity index (χ0) is 20.2. The van der Waals surface area contributed by atoms with E-state index in [-0.39, 0.29) is 16.4 Å². The summed E-state index contributed by atoms with van der Waals surface area (Å²) >= 11 is 1.04. The first-order chi connectivity index (χ1) is 14.1. The summed E-state index contributed by atoms with van der Waals surface area (Å²) in [6.45, 7) is 1.33. The minimum Gasteiger partial charge on any atom is -0.494 e. The van der Waals surface area contributed by atoms with Crippen molar-refractivity contribution in [2.24, 2.45) is 0 Å². The lowest BCUT2D eigenvalue weighted by Crippen LogP contribution is -2.25. The van der Waals surface area contributed by atoms with Crippen LogP contribution >= 0.6 is 11.8 Å². The average molecular weight is 411 g/mol. The summed E-state index contributed by atoms with van der Waals surface area (Å²) in [6, 6.07) is 15.9. The Morgan fingerprint density at radius 3 is 2.69 bits per heavy atom. The average Bonchev–Trinajstić information content (AvgIpc) is 3.29. The van der Waals surface area contributed by atoms with Crippen LogP contribution in [0, 0.1) is 0 Å². The number of anilines is 1. The van der Waals surface area contributed by atoms with E-state index in [1.807, 2.05) is 60.5 Å². The summed E-state index contributed by atoms with van der Waals surface area (Å²) in [5, 5.41) is 1.68. The number of thioether (sulfide) groups is 1. The number of amides is 2. The van der Waals surface area contributed by atoms with Gasteiger partial charge in [0.1, 0.15) is 11.3 Å². The first kappa shape index (κ1) is 19.3. The monoisotopic (exact) mass is 411 g/mol. The molecule has 3 aromatic rings. The van der Waals surface area contributed by atoms with Crippen LogP contribution in [0.4, 0.5) is 10.8 Å². The van der Waals surface area contributed by atoms with Crippen LogP contribution in [0.1, 0.15) is 12.0 Å². The number of carbonyl (C=O) groups is 2. The number of nitrogens with one attached hydrogen (secondary N) is 1. The molecule has 0 bridgehead atoms. The fraction of sp³-hybridized carbons (Fsp3) is 0.286. The van der Waals surface area contributed by atoms with Gasteiger partial charge in [0.15, 0.2) is 5.58 Å². The minimum atomic E-state index is -0.350. The maximum absolute atomic E-state index is 11.6. The molecule has 4 rings (SSSR count). The molecule has 1 fully saturated rings. The van der Waals surface area contributed by atoms with Gasteiger partial charge in [-0.05, 0) is 42.7 Å². The van der Waals surface area contributed by atoms with Gasteiger partial charge in [-0.15, -0.1) is 0 Å². The van der Waals surface area contributed by atoms with Crippen molar-refractivity contribution in [3.63, 3.8) is 0 Å². The molecule has 8 heteroatoms. The Morgan fingerprint density at radius 1 is 1.17 bits per heavy atom. The van der Waals surface area contributed by atoms with E-state index < -0.39 is 0 Å². The Morgan fingerprint density at radius 2 is 1.97 bits per heavy atom. The zero-order valence-electron chi connectivity index (χ0n) is 16.0. The van der Waals surface area contributed by atoms with E-state index in [0.29, 0.717) is 19.0 Å². The fourth-order valence-corrected chi connectivity index (χ4v) is 3.93. The number of fused-ring (bicyclic) bond motifs is 1. The highest BCUT2D eigenvalue weighted by Gasteiger charge is 2.31. The second-order valence-electron chi connectivity index (χ2n) is 6.82. The predicted molar refractivity (Wildman–Crippen MR) is 112 cm³/mol. The minimum absolute atomic E-state index is 0.219. The van der Waals surface area contributed by atoms with Gasteiger partial charge in [0.2, 0.25) is 5.91 Å². The first-order valence-corrected chi connectivity index (χ1v) is 10.3. The van der Waals surface area contributed by atoms with E-state index in [4.69, 9.17) is 9.15 Å². The second-order valence-corrected chi connectivity index (χ2v) is 7.99. The summed E-state index contributed by atoms with van der Waals surface area (Å²) in [5.74, 6) is 0.557. The first-order valence-electron chi connectivity index (χ1n) is 9.38. The molecular formula is C21H21N3O4S. The summed E-state index contributed by atoms with van der Waals surface area (Å²) in [5.41, 5.74) is 2.63. The normalized spacial score (nSPS) is 16.2. The number of imide groups is 1. The Labute approximate surface area is 172 Å². The van der Waals surface area contributed by atoms with Gasteiger partial charge in [-0.2, -0.15) is 4.98 Å². The van der Waals surface area contributed by atoms with Crippen LogP contribution in [0.5, 0.6) is 5.75 Å². The van der Waals surface area contributed by atoms with Gasteiger partial charge in [-0.25, -0.2) is 0 Å². The van der Waals surface area contributed by atoms with Crippen molar-refractivity contribution in [2.45, 2.75) is 18.1 Å². The summed E-state index contributed by atoms with van der Waals surface area (Å²) < 4.78 is 11.5. The van der Waals surface area contributed by atoms with Crippen molar-refractivity contribution in [3.05, 3.63) is 54.1 Å². The van der Waals surface area contributed by atoms with E-state index in [1.165, 1.54) is 0 Å². The quantitative estimate of drug-likeness (QED) is 0.567. The molecule has 29 heavy (non-hydrogen) atoms. The van der Waals surface area contributed by atoms with Crippen LogP contribution in [0.3, 0.4) is 0 Å². The van der Waals surface area contributed by atoms with Crippen LogP contribution in [-0.4, -0.2) is 41.6 Å². The standard InChI is InChI=1S/C21H21N3O4S/c1-24(20-22-16-5-2-3-6-17(16)28-20)11-4-12-27-15-9-7-14(8-10-15)13-18-19(25)23-21(26)29-18/h2-3,5-10,18H,4,11-13H2,1H3,(H,23,25,26). The SMILES string of the molecule is CN(CCCOc1ccc(CC2SC(=O)NC2=O)cc1)c1nc2ccccc2o1. The zero-order valence-corrected chi connectivity index (χ0v) is 16.8. The molecule has 1 aromatic heterocycles. The van der Waals surface area contributed by atoms with Crippen molar-refractivity contribution in [1.82, 2.24) is 10.3 Å². The fourth-order valence-electron chi connectivity index (χ4n) is 3.07. The number of aromatic nitrogens is 1. The van der Waals surface area contributed by atoms with E-state index in [0.717, 1.165) is 47.1 Å². The molecule has 1 unspecified atom stereocenters. The van der Waals surface area contributed by atoms with Crippen LogP contribution in [0.25, 0.3) is 11.1 Å². The number of benzene rings is 2. The van der Waals surface area contributed by atoms with E-state index >= 15 is 0 Å². The molecule has 1 atom stereocenters. The molecular weight excluding hydrogens is 390 g/mol. The van der Waals surface area contributed by atoms with Crippen molar-refractivity contribution >= 4 is 40.0 Å². The largest absolute Gasteiger partial charge is 0.494 e. The van der Waals surface area contributed by atoms with Gasteiger partial charge >= 0.3 is 0 Å². The molecule has 0 saturated carbocycles. The third kappa shape index (κ3) is 4.71. The molecule has 1 saturated heterocycles. The lowest BCUT2D eigenvalue weighted by Gasteiger charge is -2.14. The number of oxazole rings is 1. The van der Waals surface area contributed by atoms with E-state index in [9.17, 15) is 9.59 Å². The lowest BCUT2D eigenvalue weighted by molar-refractivity contribution is -0.118. The maximum Gasteiger partial charge on any atom is 0.298 e. The summed E-state index contributed by atoms with van der Waals surface area (Å²) in [4.78, 5) is 29.3. The number of ether oxygens (including phenoxy) is 1. The molecule has 150 valence electrons. The summed E-state index contributed by atoms with van der Waals surface area (Å²) in [7, 11) is 1.95. The van der Waals surface area contributed by atoms with Crippen LogP contribution < -0.4 is 15.0 Å². The topological polar surface area (TPSA) is 84.7 Å². The molecule has 2 heterocycles. The Balaban J connectivity index is 1.22. The molecule has 7 nitrogen and oxygen atoms in total. The van der Waals surface area contributed by atoms with Gasteiger partial charge in [0.25, 0.3) is 11.3 Å². The van der Waals surface area contributed by atoms with E-state index in [1.54, 1.807) is 0 Å². The van der Waals surface area contributed by atoms with Gasteiger partial charge in [-0.3, -0.25) is 14.9 Å². The van der Waals surface area contributed by atoms with Gasteiger partial charge in [0, 0.05) is 13.6 Å². The molecule has 0 radical (unpaired) electrons. The van der Waals surface area contributed by atoms with Gasteiger partial charge in [-0.1, -0.05) is 36.0 Å².